The number of ether oxygens (including phenoxy) is 3. The Balaban J connectivity index is 1.71. The summed E-state index contributed by atoms with van der Waals surface area (Å²) in [5.74, 6) is -5.40. The predicted octanol–water partition coefficient (Wildman–Crippen LogP) is 0.172. The van der Waals surface area contributed by atoms with E-state index in [-0.39, 0.29) is 40.8 Å². The van der Waals surface area contributed by atoms with Crippen molar-refractivity contribution in [2.45, 2.75) is 62.4 Å². The Hall–Kier alpha value is -3.39. The minimum Gasteiger partial charge on any atom is -0.507 e. The van der Waals surface area contributed by atoms with E-state index < -0.39 is 89.2 Å². The highest BCUT2D eigenvalue weighted by atomic mass is 16.7. The van der Waals surface area contributed by atoms with Crippen molar-refractivity contribution in [1.82, 2.24) is 0 Å². The van der Waals surface area contributed by atoms with Crippen molar-refractivity contribution in [1.29, 1.82) is 0 Å². The predicted molar refractivity (Wildman–Crippen MR) is 132 cm³/mol. The lowest BCUT2D eigenvalue weighted by atomic mass is 9.71. The second-order valence-electron chi connectivity index (χ2n) is 10.0. The lowest BCUT2D eigenvalue weighted by Gasteiger charge is -2.41. The summed E-state index contributed by atoms with van der Waals surface area (Å²) in [7, 11) is 1.32. The summed E-state index contributed by atoms with van der Waals surface area (Å²) in [5.41, 5.74) is 4.27. The normalized spacial score (nSPS) is 29.8. The zero-order valence-corrected chi connectivity index (χ0v) is 21.2. The minimum absolute atomic E-state index is 0.0477. The Morgan fingerprint density at radius 1 is 1.05 bits per heavy atom. The van der Waals surface area contributed by atoms with Crippen LogP contribution in [0, 0.1) is 0 Å². The number of methoxy groups -OCH3 is 1. The monoisotopic (exact) mass is 543 g/mol. The number of nitrogens with two attached hydrogens (primary N) is 1. The van der Waals surface area contributed by atoms with Crippen LogP contribution in [-0.4, -0.2) is 87.2 Å². The largest absolute Gasteiger partial charge is 0.507 e. The lowest BCUT2D eigenvalue weighted by molar-refractivity contribution is -0.244. The number of aliphatic hydroxyl groups is 3. The van der Waals surface area contributed by atoms with Gasteiger partial charge in [-0.1, -0.05) is 12.1 Å². The van der Waals surface area contributed by atoms with Crippen molar-refractivity contribution in [2.75, 3.05) is 13.7 Å². The summed E-state index contributed by atoms with van der Waals surface area (Å²) in [6.07, 6.45) is -5.63. The van der Waals surface area contributed by atoms with Gasteiger partial charge in [0.15, 0.2) is 17.9 Å². The first-order valence-corrected chi connectivity index (χ1v) is 12.5. The third-order valence-corrected chi connectivity index (χ3v) is 7.74. The van der Waals surface area contributed by atoms with Crippen molar-refractivity contribution >= 4 is 17.3 Å². The number of rotatable bonds is 5. The fourth-order valence-electron chi connectivity index (χ4n) is 5.85. The van der Waals surface area contributed by atoms with Gasteiger partial charge in [-0.15, -0.1) is 0 Å². The van der Waals surface area contributed by atoms with E-state index in [1.807, 2.05) is 0 Å². The molecule has 1 heterocycles. The van der Waals surface area contributed by atoms with Crippen LogP contribution in [0.4, 0.5) is 0 Å². The van der Waals surface area contributed by atoms with Crippen molar-refractivity contribution in [2.24, 2.45) is 5.73 Å². The first-order valence-electron chi connectivity index (χ1n) is 12.5. The van der Waals surface area contributed by atoms with Crippen molar-refractivity contribution in [3.05, 3.63) is 51.6 Å². The molecule has 3 aliphatic rings. The maximum Gasteiger partial charge on any atom is 0.202 e. The van der Waals surface area contributed by atoms with E-state index >= 15 is 0 Å². The van der Waals surface area contributed by atoms with Crippen LogP contribution in [0.15, 0.2) is 18.2 Å². The molecule has 0 aromatic heterocycles. The van der Waals surface area contributed by atoms with E-state index in [9.17, 15) is 39.9 Å². The third kappa shape index (κ3) is 4.11. The molecule has 1 unspecified atom stereocenters. The molecule has 2 aromatic carbocycles. The SMILES string of the molecule is COc1cccc2c1C(=O)c1c(O)c3c(c(O)c1C2=O)C(C(=O)CO)[C@H](O)C[C@@H]3O[C@H]1C[C@H](N)[C@H](O)[C@H](C)O1. The molecule has 0 saturated carbocycles. The van der Waals surface area contributed by atoms with E-state index in [0.717, 1.165) is 0 Å². The van der Waals surface area contributed by atoms with Gasteiger partial charge in [0.05, 0.1) is 54.1 Å². The number of hydrogen-bond donors (Lipinski definition) is 6. The lowest BCUT2D eigenvalue weighted by Crippen LogP contribution is -2.52. The van der Waals surface area contributed by atoms with Crippen molar-refractivity contribution in [3.8, 4) is 17.2 Å². The molecule has 1 aliphatic heterocycles. The molecule has 0 amide bonds. The van der Waals surface area contributed by atoms with Gasteiger partial charge in [-0.05, 0) is 13.0 Å². The molecule has 39 heavy (non-hydrogen) atoms. The molecule has 0 spiro atoms. The van der Waals surface area contributed by atoms with Gasteiger partial charge in [-0.3, -0.25) is 14.4 Å². The fourth-order valence-corrected chi connectivity index (χ4v) is 5.85. The Labute approximate surface area is 222 Å². The van der Waals surface area contributed by atoms with Gasteiger partial charge in [0.1, 0.15) is 23.9 Å². The van der Waals surface area contributed by atoms with Crippen LogP contribution in [0.25, 0.3) is 0 Å². The van der Waals surface area contributed by atoms with E-state index in [0.29, 0.717) is 0 Å². The molecule has 7 atom stereocenters. The van der Waals surface area contributed by atoms with Crippen LogP contribution in [0.2, 0.25) is 0 Å². The van der Waals surface area contributed by atoms with Crippen LogP contribution < -0.4 is 10.5 Å². The summed E-state index contributed by atoms with van der Waals surface area (Å²) in [6.45, 7) is 0.599. The number of phenolic OH excluding ortho intramolecular Hbond substituents is 2. The molecule has 0 bridgehead atoms. The summed E-state index contributed by atoms with van der Waals surface area (Å²) in [6, 6.07) is 3.63. The van der Waals surface area contributed by atoms with E-state index in [1.165, 1.54) is 25.3 Å². The second-order valence-corrected chi connectivity index (χ2v) is 10.0. The maximum absolute atomic E-state index is 13.7. The fraction of sp³-hybridized carbons (Fsp3) is 0.444. The Morgan fingerprint density at radius 2 is 1.72 bits per heavy atom. The number of ketones is 3. The van der Waals surface area contributed by atoms with Gasteiger partial charge in [-0.2, -0.15) is 0 Å². The number of Topliss-reactive ketones (excluding diaryl/α,β-unsaturated/α-hetero) is 1. The van der Waals surface area contributed by atoms with Gasteiger partial charge in [0, 0.05) is 35.6 Å². The molecule has 208 valence electrons. The number of carbonyl (C=O) groups is 3. The van der Waals surface area contributed by atoms with Gasteiger partial charge in [0.25, 0.3) is 0 Å². The first kappa shape index (κ1) is 27.2. The Kier molecular flexibility index (Phi) is 6.95. The van der Waals surface area contributed by atoms with E-state index in [4.69, 9.17) is 19.9 Å². The molecule has 7 N–H and O–H groups in total. The Bertz CT molecular complexity index is 1360. The summed E-state index contributed by atoms with van der Waals surface area (Å²) >= 11 is 0. The van der Waals surface area contributed by atoms with Crippen LogP contribution in [0.5, 0.6) is 17.2 Å². The van der Waals surface area contributed by atoms with E-state index in [1.54, 1.807) is 6.92 Å². The van der Waals surface area contributed by atoms with Crippen LogP contribution in [0.1, 0.15) is 74.8 Å². The molecule has 0 radical (unpaired) electrons. The first-order chi connectivity index (χ1) is 18.5. The standard InChI is InChI=1S/C27H29NO11/c1-9-23(32)11(28)6-16(38-9)39-15-7-12(30)18(13(31)8-29)20-19(15)26(35)22-21(27(20)36)24(33)10-4-3-5-14(37-2)17(10)25(22)34/h3-5,9,11-12,15-16,18,23,29-30,32,35-36H,6-8,28H2,1-2H3/t9-,11-,12+,15-,16-,18?,23+/m0/s1. The van der Waals surface area contributed by atoms with Gasteiger partial charge >= 0.3 is 0 Å². The van der Waals surface area contributed by atoms with Crippen LogP contribution in [-0.2, 0) is 14.3 Å². The van der Waals surface area contributed by atoms with Gasteiger partial charge < -0.3 is 45.5 Å². The topological polar surface area (TPSA) is 206 Å². The molecule has 1 saturated heterocycles. The highest BCUT2D eigenvalue weighted by Crippen LogP contribution is 2.54. The van der Waals surface area contributed by atoms with Crippen molar-refractivity contribution in [3.63, 3.8) is 0 Å². The molecule has 2 aromatic rings. The smallest absolute Gasteiger partial charge is 0.202 e. The van der Waals surface area contributed by atoms with Crippen LogP contribution >= 0.6 is 0 Å². The molecule has 5 rings (SSSR count). The molecular formula is C27H29NO11. The average Bonchev–Trinajstić information content (AvgIpc) is 2.91. The number of phenols is 2. The number of fused-ring (bicyclic) bond motifs is 3. The average molecular weight is 544 g/mol. The molecule has 12 nitrogen and oxygen atoms in total. The van der Waals surface area contributed by atoms with Crippen LogP contribution in [0.3, 0.4) is 0 Å². The van der Waals surface area contributed by atoms with Gasteiger partial charge in [0.2, 0.25) is 5.78 Å². The summed E-state index contributed by atoms with van der Waals surface area (Å²) < 4.78 is 17.0. The Morgan fingerprint density at radius 3 is 2.36 bits per heavy atom. The highest BCUT2D eigenvalue weighted by Gasteiger charge is 2.48. The molecule has 2 aliphatic carbocycles. The quantitative estimate of drug-likeness (QED) is 0.238. The van der Waals surface area contributed by atoms with Crippen molar-refractivity contribution < 1.29 is 54.1 Å². The number of aromatic hydroxyl groups is 2. The number of hydrogen-bond acceptors (Lipinski definition) is 12. The number of carbonyl (C=O) groups excluding carboxylic acids is 3. The maximum atomic E-state index is 13.7. The molecule has 12 heteroatoms. The number of benzene rings is 2. The zero-order chi connectivity index (χ0) is 28.3. The summed E-state index contributed by atoms with van der Waals surface area (Å²) in [5, 5.41) is 53.6. The summed E-state index contributed by atoms with van der Waals surface area (Å²) in [4.78, 5) is 40.0. The molecular weight excluding hydrogens is 514 g/mol. The number of aliphatic hydroxyl groups excluding tert-OH is 3. The second kappa shape index (κ2) is 9.97. The molecule has 1 fully saturated rings. The minimum atomic E-state index is -1.52. The highest BCUT2D eigenvalue weighted by molar-refractivity contribution is 6.31. The van der Waals surface area contributed by atoms with E-state index in [2.05, 4.69) is 0 Å². The zero-order valence-electron chi connectivity index (χ0n) is 21.2. The van der Waals surface area contributed by atoms with Gasteiger partial charge in [-0.25, -0.2) is 0 Å². The third-order valence-electron chi connectivity index (χ3n) is 7.74.